The number of halogens is 1. The van der Waals surface area contributed by atoms with Crippen LogP contribution >= 0.6 is 11.6 Å². The molecule has 1 aliphatic rings. The summed E-state index contributed by atoms with van der Waals surface area (Å²) >= 11 is 6.53. The summed E-state index contributed by atoms with van der Waals surface area (Å²) in [4.78, 5) is 39.5. The van der Waals surface area contributed by atoms with Gasteiger partial charge in [0.25, 0.3) is 5.91 Å². The standard InChI is InChI=1S/C48H44ClN3O6/c1-30(52-47(55)56-29-43-38-19-10-8-17-36(38)37-18-9-11-20-39(37)43)51-45(53)41-23-21-33(32-14-6-5-7-15-32)26-42(41)40-24-22-34(49)27-44(40)57-35-16-12-13-31(25-35)28-50-46(54)58-48(2,3)4/h5-27,30,43H,28-29H2,1-4H3,(H,50,54)(H,51,53)(H,52,55). The van der Waals surface area contributed by atoms with Gasteiger partial charge in [-0.25, -0.2) is 9.59 Å². The number of carbonyl (C=O) groups is 3. The number of fused-ring (bicyclic) bond motifs is 3. The van der Waals surface area contributed by atoms with E-state index >= 15 is 0 Å². The Balaban J connectivity index is 1.10. The van der Waals surface area contributed by atoms with E-state index in [0.717, 1.165) is 38.9 Å². The average Bonchev–Trinajstić information content (AvgIpc) is 3.52. The SMILES string of the molecule is CC(NC(=O)OCC1c2ccccc2-c2ccccc21)NC(=O)c1ccc(-c2ccccc2)cc1-c1ccc(Cl)cc1Oc1cccc(CNC(=O)OC(C)(C)C)c1. The van der Waals surface area contributed by atoms with Crippen molar-refractivity contribution in [3.63, 3.8) is 0 Å². The van der Waals surface area contributed by atoms with Gasteiger partial charge in [0.1, 0.15) is 29.9 Å². The van der Waals surface area contributed by atoms with Crippen LogP contribution in [0.2, 0.25) is 5.02 Å². The molecule has 1 atom stereocenters. The van der Waals surface area contributed by atoms with Crippen LogP contribution in [0.1, 0.15) is 60.7 Å². The maximum atomic E-state index is 14.1. The monoisotopic (exact) mass is 793 g/mol. The minimum absolute atomic E-state index is 0.0964. The van der Waals surface area contributed by atoms with Gasteiger partial charge in [0.2, 0.25) is 0 Å². The summed E-state index contributed by atoms with van der Waals surface area (Å²) in [6.45, 7) is 7.46. The van der Waals surface area contributed by atoms with Gasteiger partial charge >= 0.3 is 12.2 Å². The smallest absolute Gasteiger partial charge is 0.408 e. The van der Waals surface area contributed by atoms with E-state index in [1.807, 2.05) is 91.0 Å². The Morgan fingerprint density at radius 3 is 2.07 bits per heavy atom. The number of rotatable bonds is 11. The lowest BCUT2D eigenvalue weighted by Gasteiger charge is -2.20. The summed E-state index contributed by atoms with van der Waals surface area (Å²) < 4.78 is 17.6. The molecule has 1 aliphatic carbocycles. The number of alkyl carbamates (subject to hydrolysis) is 2. The minimum Gasteiger partial charge on any atom is -0.457 e. The molecule has 58 heavy (non-hydrogen) atoms. The minimum atomic E-state index is -0.775. The fourth-order valence-corrected chi connectivity index (χ4v) is 7.20. The third-order valence-corrected chi connectivity index (χ3v) is 9.83. The topological polar surface area (TPSA) is 115 Å². The molecule has 294 valence electrons. The van der Waals surface area contributed by atoms with Crippen LogP contribution in [0, 0.1) is 0 Å². The summed E-state index contributed by atoms with van der Waals surface area (Å²) in [5.74, 6) is 0.394. The van der Waals surface area contributed by atoms with Crippen LogP contribution in [-0.2, 0) is 16.0 Å². The van der Waals surface area contributed by atoms with E-state index in [1.54, 1.807) is 52.0 Å². The van der Waals surface area contributed by atoms with E-state index in [0.29, 0.717) is 33.2 Å². The number of carbonyl (C=O) groups excluding carboxylic acids is 3. The molecule has 0 heterocycles. The van der Waals surface area contributed by atoms with Crippen LogP contribution in [0.4, 0.5) is 9.59 Å². The lowest BCUT2D eigenvalue weighted by Crippen LogP contribution is -2.46. The molecule has 0 aromatic heterocycles. The molecule has 3 N–H and O–H groups in total. The Morgan fingerprint density at radius 2 is 1.36 bits per heavy atom. The largest absolute Gasteiger partial charge is 0.457 e. The van der Waals surface area contributed by atoms with Crippen LogP contribution in [0.5, 0.6) is 11.5 Å². The van der Waals surface area contributed by atoms with E-state index in [4.69, 9.17) is 25.8 Å². The van der Waals surface area contributed by atoms with Crippen LogP contribution in [0.15, 0.2) is 140 Å². The second-order valence-electron chi connectivity index (χ2n) is 15.0. The molecule has 0 bridgehead atoms. The highest BCUT2D eigenvalue weighted by Crippen LogP contribution is 2.44. The highest BCUT2D eigenvalue weighted by molar-refractivity contribution is 6.30. The average molecular weight is 794 g/mol. The second kappa shape index (κ2) is 17.3. The van der Waals surface area contributed by atoms with Crippen LogP contribution in [0.3, 0.4) is 0 Å². The van der Waals surface area contributed by atoms with E-state index in [-0.39, 0.29) is 19.1 Å². The molecular formula is C48H44ClN3O6. The number of ether oxygens (including phenoxy) is 3. The molecule has 7 rings (SSSR count). The molecule has 6 aromatic rings. The van der Waals surface area contributed by atoms with Crippen molar-refractivity contribution in [2.75, 3.05) is 6.61 Å². The van der Waals surface area contributed by atoms with Gasteiger partial charge < -0.3 is 30.2 Å². The van der Waals surface area contributed by atoms with Crippen molar-refractivity contribution < 1.29 is 28.6 Å². The highest BCUT2D eigenvalue weighted by atomic mass is 35.5. The molecule has 10 heteroatoms. The van der Waals surface area contributed by atoms with E-state index < -0.39 is 29.9 Å². The lowest BCUT2D eigenvalue weighted by atomic mass is 9.93. The first-order valence-electron chi connectivity index (χ1n) is 19.1. The zero-order valence-electron chi connectivity index (χ0n) is 32.7. The Labute approximate surface area is 343 Å². The van der Waals surface area contributed by atoms with Crippen LogP contribution in [0.25, 0.3) is 33.4 Å². The quantitative estimate of drug-likeness (QED) is 0.113. The molecule has 3 amide bonds. The summed E-state index contributed by atoms with van der Waals surface area (Å²) in [5.41, 5.74) is 8.05. The third-order valence-electron chi connectivity index (χ3n) is 9.59. The molecule has 0 spiro atoms. The predicted octanol–water partition coefficient (Wildman–Crippen LogP) is 11.1. The molecular weight excluding hydrogens is 750 g/mol. The van der Waals surface area contributed by atoms with E-state index in [1.165, 1.54) is 0 Å². The Kier molecular flexibility index (Phi) is 11.8. The normalized spacial score (nSPS) is 12.4. The van der Waals surface area contributed by atoms with Crippen molar-refractivity contribution in [3.8, 4) is 44.9 Å². The maximum absolute atomic E-state index is 14.1. The number of hydrogen-bond donors (Lipinski definition) is 3. The van der Waals surface area contributed by atoms with Crippen LogP contribution in [-0.4, -0.2) is 36.5 Å². The number of amides is 3. The summed E-state index contributed by atoms with van der Waals surface area (Å²) in [6, 6.07) is 44.2. The zero-order chi connectivity index (χ0) is 40.8. The molecule has 9 nitrogen and oxygen atoms in total. The fourth-order valence-electron chi connectivity index (χ4n) is 7.04. The lowest BCUT2D eigenvalue weighted by molar-refractivity contribution is 0.0523. The highest BCUT2D eigenvalue weighted by Gasteiger charge is 2.29. The van der Waals surface area contributed by atoms with Gasteiger partial charge in [0.05, 0.1) is 0 Å². The Bertz CT molecular complexity index is 2420. The van der Waals surface area contributed by atoms with Gasteiger partial charge in [0, 0.05) is 34.7 Å². The molecule has 0 radical (unpaired) electrons. The van der Waals surface area contributed by atoms with Gasteiger partial charge in [-0.05, 0) is 109 Å². The van der Waals surface area contributed by atoms with Crippen molar-refractivity contribution in [2.24, 2.45) is 0 Å². The maximum Gasteiger partial charge on any atom is 0.408 e. The Hall–Kier alpha value is -6.58. The fraction of sp³-hybridized carbons (Fsp3) is 0.188. The predicted molar refractivity (Wildman–Crippen MR) is 227 cm³/mol. The molecule has 1 unspecified atom stereocenters. The zero-order valence-corrected chi connectivity index (χ0v) is 33.4. The first-order valence-corrected chi connectivity index (χ1v) is 19.4. The van der Waals surface area contributed by atoms with Crippen molar-refractivity contribution in [2.45, 2.75) is 51.9 Å². The molecule has 6 aromatic carbocycles. The summed E-state index contributed by atoms with van der Waals surface area (Å²) in [7, 11) is 0. The van der Waals surface area contributed by atoms with Gasteiger partial charge in [-0.1, -0.05) is 109 Å². The van der Waals surface area contributed by atoms with Crippen molar-refractivity contribution >= 4 is 29.7 Å². The summed E-state index contributed by atoms with van der Waals surface area (Å²) in [6.07, 6.45) is -1.95. The first-order chi connectivity index (χ1) is 27.9. The van der Waals surface area contributed by atoms with Crippen molar-refractivity contribution in [3.05, 3.63) is 167 Å². The van der Waals surface area contributed by atoms with Gasteiger partial charge in [-0.15, -0.1) is 0 Å². The Morgan fingerprint density at radius 1 is 0.672 bits per heavy atom. The first kappa shape index (κ1) is 39.6. The third kappa shape index (κ3) is 9.50. The van der Waals surface area contributed by atoms with E-state index in [9.17, 15) is 14.4 Å². The number of benzene rings is 6. The second-order valence-corrected chi connectivity index (χ2v) is 15.5. The van der Waals surface area contributed by atoms with Gasteiger partial charge in [-0.3, -0.25) is 4.79 Å². The molecule has 0 aliphatic heterocycles. The number of hydrogen-bond acceptors (Lipinski definition) is 6. The molecule has 0 saturated heterocycles. The van der Waals surface area contributed by atoms with Gasteiger partial charge in [-0.2, -0.15) is 0 Å². The van der Waals surface area contributed by atoms with Crippen molar-refractivity contribution in [1.82, 2.24) is 16.0 Å². The summed E-state index contributed by atoms with van der Waals surface area (Å²) in [5, 5.41) is 8.89. The van der Waals surface area contributed by atoms with Crippen molar-refractivity contribution in [1.29, 1.82) is 0 Å². The number of nitrogens with one attached hydrogen (secondary N) is 3. The molecule has 0 saturated carbocycles. The van der Waals surface area contributed by atoms with E-state index in [2.05, 4.69) is 40.2 Å². The van der Waals surface area contributed by atoms with Gasteiger partial charge in [0.15, 0.2) is 0 Å². The molecule has 0 fully saturated rings. The van der Waals surface area contributed by atoms with Crippen LogP contribution < -0.4 is 20.7 Å².